The number of ether oxygens (including phenoxy) is 3. The first-order valence-electron chi connectivity index (χ1n) is 6.76. The Labute approximate surface area is 119 Å². The van der Waals surface area contributed by atoms with Crippen LogP contribution in [0.15, 0.2) is 12.2 Å². The molecule has 114 valence electrons. The van der Waals surface area contributed by atoms with Gasteiger partial charge in [-0.25, -0.2) is 9.59 Å². The van der Waals surface area contributed by atoms with E-state index in [1.165, 1.54) is 6.08 Å². The summed E-state index contributed by atoms with van der Waals surface area (Å²) in [6, 6.07) is 0. The highest BCUT2D eigenvalue weighted by atomic mass is 16.6. The summed E-state index contributed by atoms with van der Waals surface area (Å²) in [6.45, 7) is 8.81. The Morgan fingerprint density at radius 3 is 2.70 bits per heavy atom. The van der Waals surface area contributed by atoms with Gasteiger partial charge >= 0.3 is 12.1 Å². The van der Waals surface area contributed by atoms with Crippen LogP contribution in [-0.2, 0) is 19.0 Å². The Kier molecular flexibility index (Phi) is 6.01. The molecule has 1 fully saturated rings. The summed E-state index contributed by atoms with van der Waals surface area (Å²) in [6.07, 6.45) is 2.25. The smallest absolute Gasteiger partial charge is 0.410 e. The lowest BCUT2D eigenvalue weighted by atomic mass is 10.2. The van der Waals surface area contributed by atoms with Crippen molar-refractivity contribution >= 4 is 12.1 Å². The molecule has 1 amide bonds. The Morgan fingerprint density at radius 1 is 1.40 bits per heavy atom. The molecule has 1 unspecified atom stereocenters. The molecule has 0 saturated carbocycles. The Balaban J connectivity index is 2.50. The molecule has 0 aromatic heterocycles. The first-order valence-corrected chi connectivity index (χ1v) is 6.76. The van der Waals surface area contributed by atoms with E-state index >= 15 is 0 Å². The molecule has 0 aliphatic carbocycles. The van der Waals surface area contributed by atoms with Crippen LogP contribution in [0.5, 0.6) is 0 Å². The van der Waals surface area contributed by atoms with Crippen molar-refractivity contribution in [3.8, 4) is 0 Å². The molecule has 1 aliphatic heterocycles. The summed E-state index contributed by atoms with van der Waals surface area (Å²) >= 11 is 0. The predicted molar refractivity (Wildman–Crippen MR) is 73.3 cm³/mol. The van der Waals surface area contributed by atoms with Gasteiger partial charge in [0.2, 0.25) is 0 Å². The quantitative estimate of drug-likeness (QED) is 0.584. The number of hydrogen-bond donors (Lipinski definition) is 0. The molecule has 1 saturated heterocycles. The minimum atomic E-state index is -0.522. The normalized spacial score (nSPS) is 20.0. The van der Waals surface area contributed by atoms with E-state index < -0.39 is 11.6 Å². The van der Waals surface area contributed by atoms with E-state index in [1.54, 1.807) is 17.9 Å². The van der Waals surface area contributed by atoms with Crippen LogP contribution in [0.3, 0.4) is 0 Å². The second-order valence-corrected chi connectivity index (χ2v) is 5.45. The minimum absolute atomic E-state index is 0.319. The number of carbonyl (C=O) groups is 2. The number of rotatable bonds is 3. The van der Waals surface area contributed by atoms with Crippen molar-refractivity contribution in [2.45, 2.75) is 39.4 Å². The van der Waals surface area contributed by atoms with Crippen LogP contribution >= 0.6 is 0 Å². The zero-order valence-corrected chi connectivity index (χ0v) is 12.5. The van der Waals surface area contributed by atoms with Gasteiger partial charge in [0.15, 0.2) is 0 Å². The molecule has 0 spiro atoms. The molecule has 1 heterocycles. The summed E-state index contributed by atoms with van der Waals surface area (Å²) < 4.78 is 15.6. The molecule has 6 heteroatoms. The highest BCUT2D eigenvalue weighted by Gasteiger charge is 2.27. The maximum Gasteiger partial charge on any atom is 0.410 e. The van der Waals surface area contributed by atoms with Crippen molar-refractivity contribution < 1.29 is 23.8 Å². The molecule has 0 radical (unpaired) electrons. The van der Waals surface area contributed by atoms with Crippen molar-refractivity contribution in [2.75, 3.05) is 26.3 Å². The predicted octanol–water partition coefficient (Wildman–Crippen LogP) is 1.74. The van der Waals surface area contributed by atoms with Gasteiger partial charge < -0.3 is 19.1 Å². The van der Waals surface area contributed by atoms with Crippen molar-refractivity contribution in [1.82, 2.24) is 4.90 Å². The van der Waals surface area contributed by atoms with Crippen LogP contribution in [0, 0.1) is 0 Å². The van der Waals surface area contributed by atoms with E-state index in [9.17, 15) is 9.59 Å². The lowest BCUT2D eigenvalue weighted by molar-refractivity contribution is -0.137. The van der Waals surface area contributed by atoms with Gasteiger partial charge in [-0.3, -0.25) is 0 Å². The summed E-state index contributed by atoms with van der Waals surface area (Å²) in [5.41, 5.74) is -0.522. The maximum absolute atomic E-state index is 11.9. The fourth-order valence-corrected chi connectivity index (χ4v) is 1.66. The monoisotopic (exact) mass is 285 g/mol. The fraction of sp³-hybridized carbons (Fsp3) is 0.714. The third-order valence-corrected chi connectivity index (χ3v) is 2.48. The zero-order valence-electron chi connectivity index (χ0n) is 12.5. The third-order valence-electron chi connectivity index (χ3n) is 2.48. The Morgan fingerprint density at radius 2 is 2.10 bits per heavy atom. The number of carbonyl (C=O) groups excluding carboxylic acids is 2. The maximum atomic E-state index is 11.9. The molecular formula is C14H23NO5. The summed E-state index contributed by atoms with van der Waals surface area (Å²) in [5, 5.41) is 0. The SMILES string of the molecule is CCOC(=O)C=CC1CN(C(=O)OC(C)(C)C)CCO1. The topological polar surface area (TPSA) is 65.1 Å². The van der Waals surface area contributed by atoms with Gasteiger partial charge in [-0.2, -0.15) is 0 Å². The van der Waals surface area contributed by atoms with Gasteiger partial charge in [-0.15, -0.1) is 0 Å². The van der Waals surface area contributed by atoms with Crippen LogP contribution in [-0.4, -0.2) is 55.0 Å². The van der Waals surface area contributed by atoms with E-state index in [-0.39, 0.29) is 12.2 Å². The first kappa shape index (κ1) is 16.5. The number of nitrogens with zero attached hydrogens (tertiary/aromatic N) is 1. The molecule has 0 aromatic carbocycles. The minimum Gasteiger partial charge on any atom is -0.463 e. The Bertz CT molecular complexity index is 372. The summed E-state index contributed by atoms with van der Waals surface area (Å²) in [4.78, 5) is 24.7. The van der Waals surface area contributed by atoms with Crippen molar-refractivity contribution in [3.63, 3.8) is 0 Å². The summed E-state index contributed by atoms with van der Waals surface area (Å²) in [5.74, 6) is -0.412. The fourth-order valence-electron chi connectivity index (χ4n) is 1.66. The van der Waals surface area contributed by atoms with Gasteiger partial charge in [0, 0.05) is 12.6 Å². The van der Waals surface area contributed by atoms with Gasteiger partial charge in [-0.1, -0.05) is 0 Å². The van der Waals surface area contributed by atoms with Crippen LogP contribution < -0.4 is 0 Å². The van der Waals surface area contributed by atoms with E-state index in [0.29, 0.717) is 26.3 Å². The van der Waals surface area contributed by atoms with Crippen molar-refractivity contribution in [2.24, 2.45) is 0 Å². The first-order chi connectivity index (χ1) is 9.31. The molecule has 6 nitrogen and oxygen atoms in total. The lowest BCUT2D eigenvalue weighted by Gasteiger charge is -2.33. The second-order valence-electron chi connectivity index (χ2n) is 5.45. The number of hydrogen-bond acceptors (Lipinski definition) is 5. The van der Waals surface area contributed by atoms with Gasteiger partial charge in [0.25, 0.3) is 0 Å². The van der Waals surface area contributed by atoms with E-state index in [2.05, 4.69) is 0 Å². The molecule has 0 N–H and O–H groups in total. The van der Waals surface area contributed by atoms with Gasteiger partial charge in [-0.05, 0) is 33.8 Å². The Hall–Kier alpha value is -1.56. The molecule has 1 atom stereocenters. The molecule has 20 heavy (non-hydrogen) atoms. The van der Waals surface area contributed by atoms with E-state index in [4.69, 9.17) is 14.2 Å². The van der Waals surface area contributed by atoms with E-state index in [1.807, 2.05) is 20.8 Å². The molecule has 0 aromatic rings. The highest BCUT2D eigenvalue weighted by Crippen LogP contribution is 2.13. The van der Waals surface area contributed by atoms with Gasteiger partial charge in [0.05, 0.1) is 25.9 Å². The average Bonchev–Trinajstić information content (AvgIpc) is 2.35. The van der Waals surface area contributed by atoms with Crippen molar-refractivity contribution in [3.05, 3.63) is 12.2 Å². The standard InChI is InChI=1S/C14H23NO5/c1-5-18-12(16)7-6-11-10-15(8-9-19-11)13(17)20-14(2,3)4/h6-7,11H,5,8-10H2,1-4H3. The van der Waals surface area contributed by atoms with Crippen molar-refractivity contribution in [1.29, 1.82) is 0 Å². The lowest BCUT2D eigenvalue weighted by Crippen LogP contribution is -2.46. The van der Waals surface area contributed by atoms with Crippen LogP contribution in [0.1, 0.15) is 27.7 Å². The van der Waals surface area contributed by atoms with Gasteiger partial charge in [0.1, 0.15) is 5.60 Å². The van der Waals surface area contributed by atoms with Crippen LogP contribution in [0.4, 0.5) is 4.79 Å². The zero-order chi connectivity index (χ0) is 15.2. The summed E-state index contributed by atoms with van der Waals surface area (Å²) in [7, 11) is 0. The van der Waals surface area contributed by atoms with E-state index in [0.717, 1.165) is 0 Å². The molecule has 1 rings (SSSR count). The molecule has 0 bridgehead atoms. The molecule has 1 aliphatic rings. The van der Waals surface area contributed by atoms with Crippen LogP contribution in [0.25, 0.3) is 0 Å². The highest BCUT2D eigenvalue weighted by molar-refractivity contribution is 5.82. The average molecular weight is 285 g/mol. The number of morpholine rings is 1. The number of esters is 1. The molecular weight excluding hydrogens is 262 g/mol. The number of amides is 1. The largest absolute Gasteiger partial charge is 0.463 e. The van der Waals surface area contributed by atoms with Crippen LogP contribution in [0.2, 0.25) is 0 Å². The second kappa shape index (κ2) is 7.28. The third kappa shape index (κ3) is 6.06.